The van der Waals surface area contributed by atoms with Crippen LogP contribution < -0.4 is 10.2 Å². The fourth-order valence-electron chi connectivity index (χ4n) is 1.48. The van der Waals surface area contributed by atoms with E-state index < -0.39 is 6.10 Å². The molecule has 2 rings (SSSR count). The lowest BCUT2D eigenvalue weighted by atomic mass is 10.2. The number of rotatable bonds is 5. The molecule has 1 heterocycles. The maximum Gasteiger partial charge on any atom is 0.279 e. The van der Waals surface area contributed by atoms with Gasteiger partial charge in [0.05, 0.1) is 0 Å². The molecule has 0 saturated heterocycles. The molecule has 19 heavy (non-hydrogen) atoms. The Hall–Kier alpha value is -2.08. The zero-order valence-corrected chi connectivity index (χ0v) is 11.0. The molecule has 1 atom stereocenters. The number of nitrogens with zero attached hydrogens (tertiary/aromatic N) is 3. The van der Waals surface area contributed by atoms with Crippen LogP contribution in [0.4, 0.5) is 0 Å². The maximum atomic E-state index is 12.0. The third kappa shape index (κ3) is 3.69. The topological polar surface area (TPSA) is 69.0 Å². The normalized spacial score (nSPS) is 11.9. The van der Waals surface area contributed by atoms with Gasteiger partial charge in [-0.1, -0.05) is 24.6 Å². The second-order valence-electron chi connectivity index (χ2n) is 3.82. The molecule has 1 aromatic heterocycles. The molecule has 1 amide bonds. The molecule has 0 spiro atoms. The minimum absolute atomic E-state index is 0.276. The van der Waals surface area contributed by atoms with Gasteiger partial charge in [0.2, 0.25) is 0 Å². The number of amides is 1. The van der Waals surface area contributed by atoms with E-state index in [1.165, 1.54) is 17.3 Å². The van der Waals surface area contributed by atoms with Crippen LogP contribution in [-0.2, 0) is 4.79 Å². The first-order chi connectivity index (χ1) is 9.19. The molecule has 0 saturated carbocycles. The summed E-state index contributed by atoms with van der Waals surface area (Å²) in [5.41, 5.74) is 2.60. The van der Waals surface area contributed by atoms with Crippen LogP contribution in [0.1, 0.15) is 13.3 Å². The number of hydrogen-bond donors (Lipinski definition) is 1. The summed E-state index contributed by atoms with van der Waals surface area (Å²) in [5, 5.41) is 7.75. The highest BCUT2D eigenvalue weighted by Gasteiger charge is 2.18. The van der Waals surface area contributed by atoms with Gasteiger partial charge in [0.25, 0.3) is 5.91 Å². The predicted octanol–water partition coefficient (Wildman–Crippen LogP) is 1.86. The number of ether oxygens (including phenoxy) is 1. The molecule has 0 aliphatic carbocycles. The maximum absolute atomic E-state index is 12.0. The Kier molecular flexibility index (Phi) is 4.35. The van der Waals surface area contributed by atoms with Gasteiger partial charge in [-0.15, -0.1) is 10.2 Å². The lowest BCUT2D eigenvalue weighted by Crippen LogP contribution is -2.36. The Morgan fingerprint density at radius 1 is 1.47 bits per heavy atom. The molecule has 1 aromatic carbocycles. The minimum atomic E-state index is -0.610. The number of hydrogen-bond acceptors (Lipinski definition) is 4. The first-order valence-electron chi connectivity index (χ1n) is 5.76. The fraction of sp³-hybridized carbons (Fsp3) is 0.250. The monoisotopic (exact) mass is 280 g/mol. The molecule has 1 N–H and O–H groups in total. The summed E-state index contributed by atoms with van der Waals surface area (Å²) < 4.78 is 6.97. The van der Waals surface area contributed by atoms with E-state index in [4.69, 9.17) is 16.3 Å². The minimum Gasteiger partial charge on any atom is -0.480 e. The molecule has 0 bridgehead atoms. The Morgan fingerprint density at radius 2 is 2.21 bits per heavy atom. The van der Waals surface area contributed by atoms with Crippen molar-refractivity contribution in [2.75, 3.05) is 5.43 Å². The van der Waals surface area contributed by atoms with Crippen molar-refractivity contribution in [3.63, 3.8) is 0 Å². The van der Waals surface area contributed by atoms with Crippen molar-refractivity contribution < 1.29 is 9.53 Å². The quantitative estimate of drug-likeness (QED) is 0.908. The zero-order valence-electron chi connectivity index (χ0n) is 10.3. The molecule has 2 aromatic rings. The van der Waals surface area contributed by atoms with E-state index in [0.29, 0.717) is 17.2 Å². The summed E-state index contributed by atoms with van der Waals surface area (Å²) in [4.78, 5) is 12.0. The molecule has 0 aliphatic rings. The summed E-state index contributed by atoms with van der Waals surface area (Å²) >= 11 is 5.86. The van der Waals surface area contributed by atoms with E-state index in [9.17, 15) is 4.79 Å². The third-order valence-corrected chi connectivity index (χ3v) is 2.63. The van der Waals surface area contributed by atoms with E-state index in [-0.39, 0.29) is 5.91 Å². The number of aromatic nitrogens is 3. The van der Waals surface area contributed by atoms with Crippen molar-refractivity contribution in [2.45, 2.75) is 19.4 Å². The summed E-state index contributed by atoms with van der Waals surface area (Å²) in [6.45, 7) is 1.86. The molecular formula is C12H13ClN4O2. The number of nitrogens with one attached hydrogen (secondary N) is 1. The highest BCUT2D eigenvalue weighted by atomic mass is 35.5. The van der Waals surface area contributed by atoms with E-state index in [1.54, 1.807) is 24.3 Å². The van der Waals surface area contributed by atoms with Gasteiger partial charge in [0.1, 0.15) is 18.4 Å². The van der Waals surface area contributed by atoms with Crippen molar-refractivity contribution in [3.05, 3.63) is 41.9 Å². The smallest absolute Gasteiger partial charge is 0.279 e. The second kappa shape index (κ2) is 6.19. The Morgan fingerprint density at radius 3 is 2.84 bits per heavy atom. The van der Waals surface area contributed by atoms with Crippen LogP contribution in [0.2, 0.25) is 5.02 Å². The highest BCUT2D eigenvalue weighted by Crippen LogP contribution is 2.19. The van der Waals surface area contributed by atoms with Crippen molar-refractivity contribution in [2.24, 2.45) is 0 Å². The van der Waals surface area contributed by atoms with Gasteiger partial charge in [-0.25, -0.2) is 4.68 Å². The zero-order chi connectivity index (χ0) is 13.7. The predicted molar refractivity (Wildman–Crippen MR) is 70.5 cm³/mol. The van der Waals surface area contributed by atoms with E-state index >= 15 is 0 Å². The van der Waals surface area contributed by atoms with Gasteiger partial charge in [-0.05, 0) is 24.6 Å². The Bertz CT molecular complexity index is 544. The molecule has 100 valence electrons. The van der Waals surface area contributed by atoms with Crippen LogP contribution in [-0.4, -0.2) is 26.9 Å². The first-order valence-corrected chi connectivity index (χ1v) is 6.14. The molecular weight excluding hydrogens is 268 g/mol. The molecule has 0 fully saturated rings. The first kappa shape index (κ1) is 13.4. The number of halogens is 1. The SMILES string of the molecule is CC[C@H](Oc1cccc(Cl)c1)C(=O)Nn1cnnc1. The standard InChI is InChI=1S/C12H13ClN4O2/c1-2-11(12(18)16-17-7-14-15-8-17)19-10-5-3-4-9(13)6-10/h3-8,11H,2H2,1H3,(H,16,18)/t11-/m0/s1. The molecule has 0 aliphatic heterocycles. The van der Waals surface area contributed by atoms with Gasteiger partial charge < -0.3 is 4.74 Å². The lowest BCUT2D eigenvalue weighted by Gasteiger charge is -2.17. The average Bonchev–Trinajstić information content (AvgIpc) is 2.88. The highest BCUT2D eigenvalue weighted by molar-refractivity contribution is 6.30. The average molecular weight is 281 g/mol. The lowest BCUT2D eigenvalue weighted by molar-refractivity contribution is -0.123. The van der Waals surface area contributed by atoms with Gasteiger partial charge in [-0.2, -0.15) is 0 Å². The summed E-state index contributed by atoms with van der Waals surface area (Å²) in [5.74, 6) is 0.278. The van der Waals surface area contributed by atoms with Crippen LogP contribution in [0.15, 0.2) is 36.9 Å². The fourth-order valence-corrected chi connectivity index (χ4v) is 1.66. The number of carbonyl (C=O) groups is 1. The molecule has 6 nitrogen and oxygen atoms in total. The van der Waals surface area contributed by atoms with Crippen LogP contribution in [0.5, 0.6) is 5.75 Å². The molecule has 0 radical (unpaired) electrons. The summed E-state index contributed by atoms with van der Waals surface area (Å²) in [7, 11) is 0. The molecule has 7 heteroatoms. The van der Waals surface area contributed by atoms with Crippen molar-refractivity contribution in [1.82, 2.24) is 14.9 Å². The van der Waals surface area contributed by atoms with E-state index in [2.05, 4.69) is 15.6 Å². The van der Waals surface area contributed by atoms with Crippen LogP contribution >= 0.6 is 11.6 Å². The van der Waals surface area contributed by atoms with E-state index in [0.717, 1.165) is 0 Å². The van der Waals surface area contributed by atoms with Gasteiger partial charge >= 0.3 is 0 Å². The van der Waals surface area contributed by atoms with Gasteiger partial charge in [0, 0.05) is 5.02 Å². The number of carbonyl (C=O) groups excluding carboxylic acids is 1. The van der Waals surface area contributed by atoms with Gasteiger partial charge in [-0.3, -0.25) is 10.2 Å². The summed E-state index contributed by atoms with van der Waals surface area (Å²) in [6.07, 6.45) is 2.70. The number of benzene rings is 1. The van der Waals surface area contributed by atoms with Crippen LogP contribution in [0, 0.1) is 0 Å². The summed E-state index contributed by atoms with van der Waals surface area (Å²) in [6, 6.07) is 6.92. The third-order valence-electron chi connectivity index (χ3n) is 2.40. The largest absolute Gasteiger partial charge is 0.480 e. The van der Waals surface area contributed by atoms with Gasteiger partial charge in [0.15, 0.2) is 6.10 Å². The Labute approximate surface area is 115 Å². The van der Waals surface area contributed by atoms with E-state index in [1.807, 2.05) is 6.92 Å². The molecule has 0 unspecified atom stereocenters. The Balaban J connectivity index is 2.01. The second-order valence-corrected chi connectivity index (χ2v) is 4.25. The van der Waals surface area contributed by atoms with Crippen LogP contribution in [0.25, 0.3) is 0 Å². The van der Waals surface area contributed by atoms with Crippen LogP contribution in [0.3, 0.4) is 0 Å². The van der Waals surface area contributed by atoms with Crippen molar-refractivity contribution in [3.8, 4) is 5.75 Å². The van der Waals surface area contributed by atoms with Crippen molar-refractivity contribution >= 4 is 17.5 Å². The van der Waals surface area contributed by atoms with Crippen molar-refractivity contribution in [1.29, 1.82) is 0 Å².